The van der Waals surface area contributed by atoms with Crippen LogP contribution in [0.3, 0.4) is 0 Å². The molecule has 0 aliphatic carbocycles. The Morgan fingerprint density at radius 2 is 1.81 bits per heavy atom. The van der Waals surface area contributed by atoms with Crippen molar-refractivity contribution >= 4 is 38.9 Å². The van der Waals surface area contributed by atoms with Crippen molar-refractivity contribution in [3.05, 3.63) is 28.2 Å². The van der Waals surface area contributed by atoms with Crippen molar-refractivity contribution in [3.63, 3.8) is 0 Å². The van der Waals surface area contributed by atoms with Gasteiger partial charge in [-0.15, -0.1) is 0 Å². The van der Waals surface area contributed by atoms with Gasteiger partial charge in [-0.3, -0.25) is 0 Å². The van der Waals surface area contributed by atoms with Crippen LogP contribution in [0.2, 0.25) is 10.0 Å². The molecule has 0 radical (unpaired) electrons. The first kappa shape index (κ1) is 16.9. The van der Waals surface area contributed by atoms with E-state index in [-0.39, 0.29) is 5.75 Å². The Balaban J connectivity index is 2.00. The second-order valence-corrected chi connectivity index (χ2v) is 8.08. The maximum atomic E-state index is 12.2. The second kappa shape index (κ2) is 7.18. The van der Waals surface area contributed by atoms with Crippen LogP contribution in [0.1, 0.15) is 19.8 Å². The van der Waals surface area contributed by atoms with Gasteiger partial charge in [0.05, 0.1) is 16.5 Å². The largest absolute Gasteiger partial charge is 0.368 e. The number of benzene rings is 1. The minimum absolute atomic E-state index is 0.241. The number of hydrogen-bond donors (Lipinski definition) is 0. The Kier molecular flexibility index (Phi) is 5.77. The monoisotopic (exact) mass is 350 g/mol. The van der Waals surface area contributed by atoms with Crippen LogP contribution in [0, 0.1) is 0 Å². The van der Waals surface area contributed by atoms with Gasteiger partial charge in [0.2, 0.25) is 10.0 Å². The highest BCUT2D eigenvalue weighted by Gasteiger charge is 2.27. The number of halogens is 2. The predicted molar refractivity (Wildman–Crippen MR) is 88.9 cm³/mol. The summed E-state index contributed by atoms with van der Waals surface area (Å²) in [4.78, 5) is 2.10. The third-order valence-corrected chi connectivity index (χ3v) is 6.13. The summed E-state index contributed by atoms with van der Waals surface area (Å²) in [6.07, 6.45) is 1.60. The van der Waals surface area contributed by atoms with Crippen molar-refractivity contribution in [3.8, 4) is 0 Å². The van der Waals surface area contributed by atoms with Gasteiger partial charge in [-0.05, 0) is 24.6 Å². The maximum absolute atomic E-state index is 12.2. The fourth-order valence-corrected chi connectivity index (χ4v) is 4.56. The molecule has 1 aromatic carbocycles. The molecule has 0 bridgehead atoms. The van der Waals surface area contributed by atoms with Gasteiger partial charge in [-0.25, -0.2) is 8.42 Å². The molecule has 21 heavy (non-hydrogen) atoms. The van der Waals surface area contributed by atoms with E-state index in [0.29, 0.717) is 42.6 Å². The Labute approximate surface area is 136 Å². The first-order chi connectivity index (χ1) is 9.94. The van der Waals surface area contributed by atoms with Gasteiger partial charge >= 0.3 is 0 Å². The summed E-state index contributed by atoms with van der Waals surface area (Å²) in [5.74, 6) is 0.241. The molecule has 0 N–H and O–H groups in total. The number of unbranched alkanes of at least 4 members (excludes halogenated alkanes) is 1. The fraction of sp³-hybridized carbons (Fsp3) is 0.571. The number of hydrogen-bond acceptors (Lipinski definition) is 3. The van der Waals surface area contributed by atoms with E-state index >= 15 is 0 Å². The molecule has 0 spiro atoms. The van der Waals surface area contributed by atoms with E-state index < -0.39 is 10.0 Å². The Hall–Kier alpha value is -0.490. The van der Waals surface area contributed by atoms with Gasteiger partial charge < -0.3 is 4.90 Å². The summed E-state index contributed by atoms with van der Waals surface area (Å²) in [7, 11) is -3.12. The second-order valence-electron chi connectivity index (χ2n) is 5.15. The highest BCUT2D eigenvalue weighted by Crippen LogP contribution is 2.29. The lowest BCUT2D eigenvalue weighted by Crippen LogP contribution is -2.49. The average Bonchev–Trinajstić information content (AvgIpc) is 2.45. The van der Waals surface area contributed by atoms with E-state index in [1.807, 2.05) is 13.0 Å². The molecule has 7 heteroatoms. The number of rotatable bonds is 5. The molecule has 1 fully saturated rings. The maximum Gasteiger partial charge on any atom is 0.214 e. The van der Waals surface area contributed by atoms with E-state index in [1.54, 1.807) is 16.4 Å². The molecule has 1 saturated heterocycles. The average molecular weight is 351 g/mol. The van der Waals surface area contributed by atoms with E-state index in [9.17, 15) is 8.42 Å². The topological polar surface area (TPSA) is 40.6 Å². The van der Waals surface area contributed by atoms with Gasteiger partial charge in [0.25, 0.3) is 0 Å². The molecule has 1 heterocycles. The molecule has 118 valence electrons. The molecular weight excluding hydrogens is 331 g/mol. The zero-order valence-corrected chi connectivity index (χ0v) is 14.4. The highest BCUT2D eigenvalue weighted by atomic mass is 35.5. The quantitative estimate of drug-likeness (QED) is 0.818. The van der Waals surface area contributed by atoms with Crippen molar-refractivity contribution in [1.82, 2.24) is 4.31 Å². The van der Waals surface area contributed by atoms with Crippen molar-refractivity contribution < 1.29 is 8.42 Å². The lowest BCUT2D eigenvalue weighted by Gasteiger charge is -2.35. The molecule has 2 rings (SSSR count). The summed E-state index contributed by atoms with van der Waals surface area (Å²) < 4.78 is 25.9. The van der Waals surface area contributed by atoms with Gasteiger partial charge in [-0.2, -0.15) is 4.31 Å². The zero-order chi connectivity index (χ0) is 15.5. The molecule has 0 unspecified atom stereocenters. The fourth-order valence-electron chi connectivity index (χ4n) is 2.40. The zero-order valence-electron chi connectivity index (χ0n) is 12.1. The van der Waals surface area contributed by atoms with Crippen LogP contribution in [0.4, 0.5) is 5.69 Å². The first-order valence-corrected chi connectivity index (χ1v) is 9.48. The van der Waals surface area contributed by atoms with E-state index in [2.05, 4.69) is 4.90 Å². The van der Waals surface area contributed by atoms with Gasteiger partial charge in [-0.1, -0.05) is 36.5 Å². The minimum atomic E-state index is -3.12. The summed E-state index contributed by atoms with van der Waals surface area (Å²) in [6, 6.07) is 5.39. The molecule has 0 atom stereocenters. The van der Waals surface area contributed by atoms with Crippen LogP contribution in [0.25, 0.3) is 0 Å². The molecular formula is C14H20Cl2N2O2S. The van der Waals surface area contributed by atoms with E-state index in [0.717, 1.165) is 12.1 Å². The lowest BCUT2D eigenvalue weighted by atomic mass is 10.2. The number of anilines is 1. The Bertz CT molecular complexity index is 585. The Morgan fingerprint density at radius 1 is 1.14 bits per heavy atom. The predicted octanol–water partition coefficient (Wildman–Crippen LogP) is 3.25. The third-order valence-electron chi connectivity index (χ3n) is 3.64. The molecule has 4 nitrogen and oxygen atoms in total. The van der Waals surface area contributed by atoms with Crippen LogP contribution < -0.4 is 4.90 Å². The highest BCUT2D eigenvalue weighted by molar-refractivity contribution is 7.89. The van der Waals surface area contributed by atoms with E-state index in [1.165, 1.54) is 0 Å². The number of sulfonamides is 1. The van der Waals surface area contributed by atoms with Crippen molar-refractivity contribution in [2.45, 2.75) is 19.8 Å². The van der Waals surface area contributed by atoms with Crippen LogP contribution in [0.15, 0.2) is 18.2 Å². The van der Waals surface area contributed by atoms with Crippen molar-refractivity contribution in [2.75, 3.05) is 36.8 Å². The summed E-state index contributed by atoms with van der Waals surface area (Å²) in [5.41, 5.74) is 0.909. The summed E-state index contributed by atoms with van der Waals surface area (Å²) in [6.45, 7) is 4.30. The summed E-state index contributed by atoms with van der Waals surface area (Å²) >= 11 is 12.1. The third kappa shape index (κ3) is 4.25. The minimum Gasteiger partial charge on any atom is -0.368 e. The Morgan fingerprint density at radius 3 is 2.38 bits per heavy atom. The first-order valence-electron chi connectivity index (χ1n) is 7.12. The molecule has 1 aliphatic rings. The summed E-state index contributed by atoms with van der Waals surface area (Å²) in [5, 5.41) is 1.20. The normalized spacial score (nSPS) is 17.2. The van der Waals surface area contributed by atoms with E-state index in [4.69, 9.17) is 23.2 Å². The molecule has 0 aromatic heterocycles. The molecule has 0 saturated carbocycles. The van der Waals surface area contributed by atoms with Crippen molar-refractivity contribution in [1.29, 1.82) is 0 Å². The van der Waals surface area contributed by atoms with Crippen LogP contribution >= 0.6 is 23.2 Å². The van der Waals surface area contributed by atoms with Crippen LogP contribution in [0.5, 0.6) is 0 Å². The molecule has 1 aliphatic heterocycles. The standard InChI is InChI=1S/C14H20Cl2N2O2S/c1-2-3-10-21(19,20)18-8-6-17(7-9-18)14-5-4-12(15)11-13(14)16/h4-5,11H,2-3,6-10H2,1H3. The number of nitrogens with zero attached hydrogens (tertiary/aromatic N) is 2. The molecule has 1 aromatic rings. The lowest BCUT2D eigenvalue weighted by molar-refractivity contribution is 0.384. The molecule has 0 amide bonds. The smallest absolute Gasteiger partial charge is 0.214 e. The van der Waals surface area contributed by atoms with Gasteiger partial charge in [0.15, 0.2) is 0 Å². The van der Waals surface area contributed by atoms with Crippen molar-refractivity contribution in [2.24, 2.45) is 0 Å². The van der Waals surface area contributed by atoms with Gasteiger partial charge in [0, 0.05) is 31.2 Å². The van der Waals surface area contributed by atoms with Crippen LogP contribution in [-0.2, 0) is 10.0 Å². The number of piperazine rings is 1. The SMILES string of the molecule is CCCCS(=O)(=O)N1CCN(c2ccc(Cl)cc2Cl)CC1. The van der Waals surface area contributed by atoms with Crippen LogP contribution in [-0.4, -0.2) is 44.7 Å². The van der Waals surface area contributed by atoms with Gasteiger partial charge in [0.1, 0.15) is 0 Å².